The second kappa shape index (κ2) is 12.7. The molecule has 0 atom stereocenters. The van der Waals surface area contributed by atoms with Gasteiger partial charge < -0.3 is 19.6 Å². The van der Waals surface area contributed by atoms with Gasteiger partial charge in [-0.1, -0.05) is 57.1 Å². The summed E-state index contributed by atoms with van der Waals surface area (Å²) in [4.78, 5) is 43.6. The number of rotatable bonds is 13. The number of nitrogens with one attached hydrogen (secondary N) is 1. The van der Waals surface area contributed by atoms with Crippen molar-refractivity contribution in [2.24, 2.45) is 10.9 Å². The molecule has 1 saturated carbocycles. The number of carbonyl (C=O) groups excluding carboxylic acids is 2. The van der Waals surface area contributed by atoms with Gasteiger partial charge in [-0.2, -0.15) is 0 Å². The molecule has 2 aliphatic heterocycles. The predicted octanol–water partition coefficient (Wildman–Crippen LogP) is 3.83. The van der Waals surface area contributed by atoms with Crippen molar-refractivity contribution >= 4 is 29.4 Å². The lowest BCUT2D eigenvalue weighted by molar-refractivity contribution is -0.144. The van der Waals surface area contributed by atoms with Gasteiger partial charge in [-0.25, -0.2) is 4.99 Å². The third-order valence-electron chi connectivity index (χ3n) is 7.28. The maximum absolute atomic E-state index is 12.7. The summed E-state index contributed by atoms with van der Waals surface area (Å²) in [5.41, 5.74) is 1.75. The number of carboxylic acids is 1. The first-order chi connectivity index (χ1) is 17.5. The molecule has 4 rings (SSSR count). The monoisotopic (exact) mass is 498 g/mol. The Hall–Kier alpha value is -3.10. The number of amides is 2. The minimum absolute atomic E-state index is 0.0603. The number of hydrogen-bond acceptors (Lipinski definition) is 6. The van der Waals surface area contributed by atoms with Crippen LogP contribution in [0.5, 0.6) is 5.75 Å². The number of benzene rings is 1. The average molecular weight is 499 g/mol. The Kier molecular flexibility index (Phi) is 9.19. The number of hydrogen-bond donors (Lipinski definition) is 2. The zero-order valence-corrected chi connectivity index (χ0v) is 21.0. The fourth-order valence-electron chi connectivity index (χ4n) is 5.36. The molecule has 0 bridgehead atoms. The van der Waals surface area contributed by atoms with Crippen molar-refractivity contribution in [1.29, 1.82) is 0 Å². The number of aliphatic carboxylic acids is 1. The molecule has 1 aromatic rings. The molecule has 9 nitrogen and oxygen atoms in total. The molecule has 0 aromatic heterocycles. The normalized spacial score (nSPS) is 17.2. The van der Waals surface area contributed by atoms with Crippen LogP contribution < -0.4 is 10.1 Å². The van der Waals surface area contributed by atoms with E-state index in [0.717, 1.165) is 30.0 Å². The van der Waals surface area contributed by atoms with Crippen LogP contribution in [0.25, 0.3) is 0 Å². The van der Waals surface area contributed by atoms with Gasteiger partial charge in [0.15, 0.2) is 0 Å². The van der Waals surface area contributed by atoms with Crippen LogP contribution in [0, 0.1) is 5.92 Å². The van der Waals surface area contributed by atoms with Gasteiger partial charge in [-0.3, -0.25) is 19.7 Å². The molecule has 2 heterocycles. The molecule has 9 heteroatoms. The highest BCUT2D eigenvalue weighted by Crippen LogP contribution is 2.36. The van der Waals surface area contributed by atoms with Crippen molar-refractivity contribution in [3.63, 3.8) is 0 Å². The molecule has 1 aromatic carbocycles. The van der Waals surface area contributed by atoms with Crippen LogP contribution in [-0.4, -0.2) is 64.9 Å². The minimum Gasteiger partial charge on any atom is -0.491 e. The number of carboxylic acid groups (broad SMARTS) is 1. The van der Waals surface area contributed by atoms with E-state index in [9.17, 15) is 19.5 Å². The number of ether oxygens (including phenoxy) is 1. The maximum atomic E-state index is 12.7. The van der Waals surface area contributed by atoms with Gasteiger partial charge in [0.05, 0.1) is 6.61 Å². The van der Waals surface area contributed by atoms with Gasteiger partial charge in [0.1, 0.15) is 24.5 Å². The van der Waals surface area contributed by atoms with Crippen LogP contribution >= 0.6 is 0 Å². The molecule has 0 radical (unpaired) electrons. The summed E-state index contributed by atoms with van der Waals surface area (Å²) in [6.07, 6.45) is 11.4. The molecule has 1 aliphatic carbocycles. The molecular weight excluding hydrogens is 460 g/mol. The zero-order valence-electron chi connectivity index (χ0n) is 21.0. The SMILES string of the molecule is O=C(O)CN(CCCCC1CCCCC1)C(=O)CCCCOc1cccc2c1N=C1NC(=O)CN1C2. The Morgan fingerprint density at radius 2 is 1.94 bits per heavy atom. The van der Waals surface area contributed by atoms with Gasteiger partial charge in [0.2, 0.25) is 17.8 Å². The second-order valence-electron chi connectivity index (χ2n) is 10.1. The number of guanidine groups is 1. The number of unbranched alkanes of at least 4 members (excludes halogenated alkanes) is 2. The van der Waals surface area contributed by atoms with Gasteiger partial charge in [-0.15, -0.1) is 0 Å². The van der Waals surface area contributed by atoms with Crippen LogP contribution in [0.15, 0.2) is 23.2 Å². The lowest BCUT2D eigenvalue weighted by atomic mass is 9.86. The van der Waals surface area contributed by atoms with Crippen molar-refractivity contribution < 1.29 is 24.2 Å². The molecule has 0 unspecified atom stereocenters. The van der Waals surface area contributed by atoms with Crippen LogP contribution in [0.3, 0.4) is 0 Å². The van der Waals surface area contributed by atoms with E-state index >= 15 is 0 Å². The van der Waals surface area contributed by atoms with Crippen molar-refractivity contribution in [1.82, 2.24) is 15.1 Å². The molecule has 1 saturated heterocycles. The Balaban J connectivity index is 1.18. The summed E-state index contributed by atoms with van der Waals surface area (Å²) in [7, 11) is 0. The fourth-order valence-corrected chi connectivity index (χ4v) is 5.36. The molecular formula is C27H38N4O5. The van der Waals surface area contributed by atoms with Crippen molar-refractivity contribution in [2.75, 3.05) is 26.2 Å². The predicted molar refractivity (Wildman–Crippen MR) is 136 cm³/mol. The van der Waals surface area contributed by atoms with E-state index in [1.54, 1.807) is 0 Å². The third kappa shape index (κ3) is 7.21. The molecule has 2 amide bonds. The zero-order chi connectivity index (χ0) is 25.3. The first-order valence-electron chi connectivity index (χ1n) is 13.4. The van der Waals surface area contributed by atoms with Gasteiger partial charge in [0.25, 0.3) is 0 Å². The number of nitrogens with zero attached hydrogens (tertiary/aromatic N) is 3. The van der Waals surface area contributed by atoms with E-state index in [0.29, 0.717) is 57.2 Å². The summed E-state index contributed by atoms with van der Waals surface area (Å²) in [5.74, 6) is 0.904. The summed E-state index contributed by atoms with van der Waals surface area (Å²) in [6.45, 7) is 1.64. The minimum atomic E-state index is -0.966. The van der Waals surface area contributed by atoms with E-state index in [1.807, 2.05) is 23.1 Å². The van der Waals surface area contributed by atoms with Crippen LogP contribution in [0.1, 0.15) is 76.2 Å². The van der Waals surface area contributed by atoms with Gasteiger partial charge in [-0.05, 0) is 31.2 Å². The summed E-state index contributed by atoms with van der Waals surface area (Å²) < 4.78 is 5.97. The lowest BCUT2D eigenvalue weighted by Gasteiger charge is -2.24. The Morgan fingerprint density at radius 1 is 1.11 bits per heavy atom. The third-order valence-corrected chi connectivity index (χ3v) is 7.28. The molecule has 3 aliphatic rings. The van der Waals surface area contributed by atoms with Gasteiger partial charge in [0, 0.05) is 25.1 Å². The smallest absolute Gasteiger partial charge is 0.323 e. The Morgan fingerprint density at radius 3 is 2.75 bits per heavy atom. The maximum Gasteiger partial charge on any atom is 0.323 e. The molecule has 196 valence electrons. The van der Waals surface area contributed by atoms with E-state index in [1.165, 1.54) is 43.4 Å². The Labute approximate surface area is 212 Å². The Bertz CT molecular complexity index is 973. The van der Waals surface area contributed by atoms with E-state index in [2.05, 4.69) is 10.3 Å². The molecule has 0 spiro atoms. The topological polar surface area (TPSA) is 112 Å². The standard InChI is InChI=1S/C27H38N4O5/c32-23-18-31-17-21-12-8-13-22(26(21)29-27(31)28-23)36-16-7-5-14-24(33)30(19-25(34)35)15-6-4-11-20-9-2-1-3-10-20/h8,12-13,20H,1-7,9-11,14-19H2,(H,34,35)(H,28,29,32). The molecule has 36 heavy (non-hydrogen) atoms. The average Bonchev–Trinajstić information content (AvgIpc) is 3.23. The lowest BCUT2D eigenvalue weighted by Crippen LogP contribution is -2.36. The van der Waals surface area contributed by atoms with Crippen LogP contribution in [0.4, 0.5) is 5.69 Å². The van der Waals surface area contributed by atoms with Crippen molar-refractivity contribution in [3.05, 3.63) is 23.8 Å². The summed E-state index contributed by atoms with van der Waals surface area (Å²) in [5, 5.41) is 12.0. The fraction of sp³-hybridized carbons (Fsp3) is 0.630. The highest BCUT2D eigenvalue weighted by Gasteiger charge is 2.30. The molecule has 2 N–H and O–H groups in total. The van der Waals surface area contributed by atoms with Crippen LogP contribution in [-0.2, 0) is 20.9 Å². The largest absolute Gasteiger partial charge is 0.491 e. The molecule has 2 fully saturated rings. The number of carbonyl (C=O) groups is 3. The first kappa shape index (κ1) is 26.0. The van der Waals surface area contributed by atoms with Crippen molar-refractivity contribution in [3.8, 4) is 5.75 Å². The van der Waals surface area contributed by atoms with E-state index in [4.69, 9.17) is 4.74 Å². The number of para-hydroxylation sites is 1. The number of aliphatic imine (C=N–C) groups is 1. The highest BCUT2D eigenvalue weighted by molar-refractivity contribution is 6.06. The quantitative estimate of drug-likeness (QED) is 0.400. The van der Waals surface area contributed by atoms with Crippen molar-refractivity contribution in [2.45, 2.75) is 77.2 Å². The highest BCUT2D eigenvalue weighted by atomic mass is 16.5. The second-order valence-corrected chi connectivity index (χ2v) is 10.1. The van der Waals surface area contributed by atoms with E-state index < -0.39 is 5.97 Å². The van der Waals surface area contributed by atoms with Crippen LogP contribution in [0.2, 0.25) is 0 Å². The van der Waals surface area contributed by atoms with Gasteiger partial charge >= 0.3 is 5.97 Å². The summed E-state index contributed by atoms with van der Waals surface area (Å²) >= 11 is 0. The first-order valence-corrected chi connectivity index (χ1v) is 13.4. The number of fused-ring (bicyclic) bond motifs is 2. The van der Waals surface area contributed by atoms with E-state index in [-0.39, 0.29) is 18.4 Å². The summed E-state index contributed by atoms with van der Waals surface area (Å²) in [6, 6.07) is 5.76.